The van der Waals surface area contributed by atoms with Crippen LogP contribution < -0.4 is 4.74 Å². The minimum atomic E-state index is -1.13. The number of carbonyl (C=O) groups is 1. The van der Waals surface area contributed by atoms with Crippen LogP contribution in [0.25, 0.3) is 6.08 Å². The summed E-state index contributed by atoms with van der Waals surface area (Å²) in [6, 6.07) is 2.92. The number of carboxylic acid groups (broad SMARTS) is 1. The number of methoxy groups -OCH3 is 1. The molecule has 0 aliphatic heterocycles. The van der Waals surface area contributed by atoms with Gasteiger partial charge in [0.15, 0.2) is 11.5 Å². The second-order valence-corrected chi connectivity index (χ2v) is 5.59. The minimum absolute atomic E-state index is 0.00260. The number of rotatable bonds is 5. The number of hydrogen-bond donors (Lipinski definition) is 3. The Morgan fingerprint density at radius 1 is 1.50 bits per heavy atom. The first-order valence-corrected chi connectivity index (χ1v) is 7.18. The quantitative estimate of drug-likeness (QED) is 0.566. The molecular formula is C13H12ClN3O4S. The molecule has 0 atom stereocenters. The zero-order valence-corrected chi connectivity index (χ0v) is 13.2. The Morgan fingerprint density at radius 2 is 2.23 bits per heavy atom. The van der Waals surface area contributed by atoms with Crippen molar-refractivity contribution in [3.63, 3.8) is 0 Å². The monoisotopic (exact) mass is 341 g/mol. The van der Waals surface area contributed by atoms with E-state index in [0.717, 1.165) is 11.8 Å². The van der Waals surface area contributed by atoms with Gasteiger partial charge >= 0.3 is 5.97 Å². The lowest BCUT2D eigenvalue weighted by Gasteiger charge is -2.07. The molecule has 0 unspecified atom stereocenters. The lowest BCUT2D eigenvalue weighted by molar-refractivity contribution is -0.131. The molecule has 22 heavy (non-hydrogen) atoms. The summed E-state index contributed by atoms with van der Waals surface area (Å²) in [7, 11) is 1.38. The molecule has 0 aliphatic rings. The third-order valence-electron chi connectivity index (χ3n) is 2.56. The Hall–Kier alpha value is -2.19. The first-order chi connectivity index (χ1) is 10.4. The van der Waals surface area contributed by atoms with E-state index >= 15 is 0 Å². The smallest absolute Gasteiger partial charge is 0.342 e. The second kappa shape index (κ2) is 6.71. The summed E-state index contributed by atoms with van der Waals surface area (Å²) in [5.41, 5.74) is 0.469. The summed E-state index contributed by atoms with van der Waals surface area (Å²) in [4.78, 5) is 15.4. The van der Waals surface area contributed by atoms with Gasteiger partial charge in [0.05, 0.1) is 12.1 Å². The topological polar surface area (TPSA) is 108 Å². The number of thioether (sulfide) groups is 1. The molecule has 0 amide bonds. The van der Waals surface area contributed by atoms with Gasteiger partial charge in [0.1, 0.15) is 10.7 Å². The van der Waals surface area contributed by atoms with Gasteiger partial charge in [-0.1, -0.05) is 11.6 Å². The number of hydrogen-bond acceptors (Lipinski definition) is 6. The number of benzene rings is 1. The number of aryl methyl sites for hydroxylation is 1. The largest absolute Gasteiger partial charge is 0.503 e. The zero-order valence-electron chi connectivity index (χ0n) is 11.6. The normalized spacial score (nSPS) is 11.5. The maximum Gasteiger partial charge on any atom is 0.342 e. The number of ether oxygens (including phenoxy) is 1. The van der Waals surface area contributed by atoms with Crippen LogP contribution in [0.4, 0.5) is 0 Å². The van der Waals surface area contributed by atoms with Gasteiger partial charge in [-0.25, -0.2) is 9.78 Å². The number of aromatic hydroxyl groups is 1. The van der Waals surface area contributed by atoms with Gasteiger partial charge in [-0.2, -0.15) is 0 Å². The molecule has 2 rings (SSSR count). The van der Waals surface area contributed by atoms with E-state index in [1.807, 2.05) is 0 Å². The summed E-state index contributed by atoms with van der Waals surface area (Å²) >= 11 is 6.78. The van der Waals surface area contributed by atoms with Crippen molar-refractivity contribution in [2.45, 2.75) is 12.1 Å². The van der Waals surface area contributed by atoms with E-state index in [4.69, 9.17) is 16.3 Å². The highest BCUT2D eigenvalue weighted by Gasteiger charge is 2.14. The summed E-state index contributed by atoms with van der Waals surface area (Å²) in [6.07, 6.45) is 1.40. The fraction of sp³-hybridized carbons (Fsp3) is 0.154. The summed E-state index contributed by atoms with van der Waals surface area (Å²) in [6.45, 7) is 1.71. The van der Waals surface area contributed by atoms with Crippen LogP contribution in [0, 0.1) is 6.92 Å². The van der Waals surface area contributed by atoms with Crippen LogP contribution in [-0.4, -0.2) is 38.5 Å². The number of aromatic amines is 1. The fourth-order valence-corrected chi connectivity index (χ4v) is 2.56. The molecule has 0 aliphatic carbocycles. The van der Waals surface area contributed by atoms with Crippen LogP contribution in [0.5, 0.6) is 11.5 Å². The molecule has 116 valence electrons. The standard InChI is InChI=1S/C13H12ClN3O4S/c1-6-15-13(17-16-6)22-10(12(19)20)5-7-3-8(14)11(18)9(4-7)21-2/h3-5,18H,1-2H3,(H,19,20)(H,15,16,17)/b10-5-. The Morgan fingerprint density at radius 3 is 2.77 bits per heavy atom. The van der Waals surface area contributed by atoms with Crippen LogP contribution in [0.3, 0.4) is 0 Å². The van der Waals surface area contributed by atoms with E-state index in [1.165, 1.54) is 25.3 Å². The summed E-state index contributed by atoms with van der Waals surface area (Å²) < 4.78 is 4.98. The number of carboxylic acids is 1. The van der Waals surface area contributed by atoms with Crippen molar-refractivity contribution in [1.29, 1.82) is 0 Å². The van der Waals surface area contributed by atoms with E-state index < -0.39 is 5.97 Å². The van der Waals surface area contributed by atoms with E-state index in [-0.39, 0.29) is 21.4 Å². The van der Waals surface area contributed by atoms with Crippen LogP contribution in [0.15, 0.2) is 22.2 Å². The molecule has 1 heterocycles. The highest BCUT2D eigenvalue weighted by Crippen LogP contribution is 2.36. The molecular weight excluding hydrogens is 330 g/mol. The number of H-pyrrole nitrogens is 1. The van der Waals surface area contributed by atoms with Gasteiger partial charge < -0.3 is 14.9 Å². The van der Waals surface area contributed by atoms with Crippen molar-refractivity contribution in [2.24, 2.45) is 0 Å². The van der Waals surface area contributed by atoms with Gasteiger partial charge in [-0.15, -0.1) is 5.10 Å². The number of phenols is 1. The summed E-state index contributed by atoms with van der Waals surface area (Å²) in [5, 5.41) is 25.8. The Bertz CT molecular complexity index is 745. The Balaban J connectivity index is 2.38. The fourth-order valence-electron chi connectivity index (χ4n) is 1.59. The average molecular weight is 342 g/mol. The van der Waals surface area contributed by atoms with E-state index in [1.54, 1.807) is 6.92 Å². The number of aliphatic carboxylic acids is 1. The predicted octanol–water partition coefficient (Wildman–Crippen LogP) is 2.70. The molecule has 9 heteroatoms. The minimum Gasteiger partial charge on any atom is -0.503 e. The molecule has 1 aromatic carbocycles. The molecule has 7 nitrogen and oxygen atoms in total. The maximum atomic E-state index is 11.4. The van der Waals surface area contributed by atoms with Crippen LogP contribution >= 0.6 is 23.4 Å². The Kier molecular flexibility index (Phi) is 4.94. The van der Waals surface area contributed by atoms with Gasteiger partial charge in [0, 0.05) is 0 Å². The average Bonchev–Trinajstić information content (AvgIpc) is 2.87. The number of nitrogens with one attached hydrogen (secondary N) is 1. The molecule has 0 radical (unpaired) electrons. The molecule has 1 aromatic heterocycles. The number of phenolic OH excluding ortho intramolecular Hbond substituents is 1. The molecule has 0 saturated heterocycles. The maximum absolute atomic E-state index is 11.4. The van der Waals surface area contributed by atoms with Crippen molar-refractivity contribution in [3.8, 4) is 11.5 Å². The molecule has 0 bridgehead atoms. The van der Waals surface area contributed by atoms with Crippen molar-refractivity contribution in [3.05, 3.63) is 33.4 Å². The van der Waals surface area contributed by atoms with E-state index in [9.17, 15) is 15.0 Å². The molecule has 3 N–H and O–H groups in total. The third-order valence-corrected chi connectivity index (χ3v) is 3.72. The van der Waals surface area contributed by atoms with Crippen molar-refractivity contribution in [2.75, 3.05) is 7.11 Å². The number of aromatic nitrogens is 3. The predicted molar refractivity (Wildman–Crippen MR) is 82.3 cm³/mol. The highest BCUT2D eigenvalue weighted by molar-refractivity contribution is 8.04. The molecule has 0 fully saturated rings. The van der Waals surface area contributed by atoms with Crippen LogP contribution in [0.1, 0.15) is 11.4 Å². The zero-order chi connectivity index (χ0) is 16.3. The molecule has 2 aromatic rings. The van der Waals surface area contributed by atoms with Gasteiger partial charge in [-0.05, 0) is 42.5 Å². The SMILES string of the molecule is COc1cc(/C=C(\Sc2n[nH]c(C)n2)C(=O)O)cc(Cl)c1O. The van der Waals surface area contributed by atoms with Crippen molar-refractivity contribution in [1.82, 2.24) is 15.2 Å². The number of halogens is 1. The number of nitrogens with zero attached hydrogens (tertiary/aromatic N) is 2. The second-order valence-electron chi connectivity index (χ2n) is 4.17. The lowest BCUT2D eigenvalue weighted by Crippen LogP contribution is -1.97. The third kappa shape index (κ3) is 3.71. The summed E-state index contributed by atoms with van der Waals surface area (Å²) in [5.74, 6) is -0.588. The van der Waals surface area contributed by atoms with Crippen LogP contribution in [-0.2, 0) is 4.79 Å². The highest BCUT2D eigenvalue weighted by atomic mass is 35.5. The van der Waals surface area contributed by atoms with Crippen molar-refractivity contribution >= 4 is 35.4 Å². The van der Waals surface area contributed by atoms with E-state index in [0.29, 0.717) is 16.5 Å². The van der Waals surface area contributed by atoms with Crippen LogP contribution in [0.2, 0.25) is 5.02 Å². The van der Waals surface area contributed by atoms with Gasteiger partial charge in [0.25, 0.3) is 0 Å². The first-order valence-electron chi connectivity index (χ1n) is 5.99. The first kappa shape index (κ1) is 16.2. The van der Waals surface area contributed by atoms with Gasteiger partial charge in [0.2, 0.25) is 5.16 Å². The van der Waals surface area contributed by atoms with Gasteiger partial charge in [-0.3, -0.25) is 5.10 Å². The Labute approximate surface area is 135 Å². The molecule has 0 saturated carbocycles. The molecule has 0 spiro atoms. The van der Waals surface area contributed by atoms with E-state index in [2.05, 4.69) is 15.2 Å². The lowest BCUT2D eigenvalue weighted by atomic mass is 10.2. The van der Waals surface area contributed by atoms with Crippen molar-refractivity contribution < 1.29 is 19.7 Å².